The van der Waals surface area contributed by atoms with Crippen LogP contribution in [0.1, 0.15) is 26.3 Å². The molecule has 0 radical (unpaired) electrons. The summed E-state index contributed by atoms with van der Waals surface area (Å²) in [5.74, 6) is -0.0227. The van der Waals surface area contributed by atoms with Gasteiger partial charge in [-0.1, -0.05) is 37.3 Å². The molecule has 0 spiro atoms. The van der Waals surface area contributed by atoms with Gasteiger partial charge in [-0.15, -0.1) is 0 Å². The fraction of sp³-hybridized carbons (Fsp3) is 0.438. The molecule has 1 aromatic rings. The Morgan fingerprint density at radius 2 is 1.68 bits per heavy atom. The second kappa shape index (κ2) is 4.49. The van der Waals surface area contributed by atoms with Crippen molar-refractivity contribution in [2.75, 3.05) is 0 Å². The van der Waals surface area contributed by atoms with Gasteiger partial charge in [-0.25, -0.2) is 4.79 Å². The van der Waals surface area contributed by atoms with Crippen LogP contribution in [0.5, 0.6) is 0 Å². The number of fused-ring (bicyclic) bond motifs is 1. The molecule has 2 aliphatic rings. The largest absolute Gasteiger partial charge is 0.451 e. The van der Waals surface area contributed by atoms with E-state index in [1.807, 2.05) is 37.3 Å². The summed E-state index contributed by atoms with van der Waals surface area (Å²) < 4.78 is 11.4. The highest BCUT2D eigenvalue weighted by Gasteiger charge is 2.45. The van der Waals surface area contributed by atoms with Gasteiger partial charge in [0.2, 0.25) is 0 Å². The minimum Gasteiger partial charge on any atom is -0.451 e. The Morgan fingerprint density at radius 1 is 1.00 bits per heavy atom. The summed E-state index contributed by atoms with van der Waals surface area (Å²) >= 11 is 0. The molecule has 3 nitrogen and oxygen atoms in total. The third kappa shape index (κ3) is 1.89. The number of carbonyl (C=O) groups is 1. The molecular formula is C16H18O3. The maximum atomic E-state index is 12.2. The van der Waals surface area contributed by atoms with Crippen LogP contribution in [0, 0.1) is 5.92 Å². The molecule has 19 heavy (non-hydrogen) atoms. The summed E-state index contributed by atoms with van der Waals surface area (Å²) in [4.78, 5) is 12.2. The molecule has 0 amide bonds. The van der Waals surface area contributed by atoms with Crippen LogP contribution in [0.15, 0.2) is 35.9 Å². The minimum absolute atomic E-state index is 0.0774. The summed E-state index contributed by atoms with van der Waals surface area (Å²) in [5.41, 5.74) is 2.78. The SMILES string of the molecule is CC1O[C@@H](C)[C@@H]2OC(=O)C(c3ccccc3)=C2C1C. The molecule has 1 fully saturated rings. The van der Waals surface area contributed by atoms with Crippen molar-refractivity contribution in [2.45, 2.75) is 39.1 Å². The van der Waals surface area contributed by atoms with Gasteiger partial charge in [0.1, 0.15) is 0 Å². The van der Waals surface area contributed by atoms with Crippen molar-refractivity contribution in [2.24, 2.45) is 5.92 Å². The first-order chi connectivity index (χ1) is 9.09. The second-order valence-electron chi connectivity index (χ2n) is 5.36. The van der Waals surface area contributed by atoms with E-state index in [1.54, 1.807) is 0 Å². The summed E-state index contributed by atoms with van der Waals surface area (Å²) in [6.07, 6.45) is -0.199. The fourth-order valence-electron chi connectivity index (χ4n) is 3.00. The van der Waals surface area contributed by atoms with Crippen molar-refractivity contribution in [3.05, 3.63) is 41.5 Å². The van der Waals surface area contributed by atoms with E-state index in [0.29, 0.717) is 0 Å². The lowest BCUT2D eigenvalue weighted by Crippen LogP contribution is -2.42. The van der Waals surface area contributed by atoms with Crippen LogP contribution >= 0.6 is 0 Å². The number of ether oxygens (including phenoxy) is 2. The van der Waals surface area contributed by atoms with Crippen molar-refractivity contribution in [1.82, 2.24) is 0 Å². The molecule has 0 aromatic heterocycles. The Kier molecular flexibility index (Phi) is 2.94. The normalized spacial score (nSPS) is 34.2. The van der Waals surface area contributed by atoms with Gasteiger partial charge in [0.05, 0.1) is 17.8 Å². The standard InChI is InChI=1S/C16H18O3/c1-9-10(2)18-11(3)15-13(9)14(16(17)19-15)12-7-5-4-6-8-12/h4-11,15H,1-3H3/t9?,10?,11-,15-/m0/s1. The minimum atomic E-state index is -0.228. The highest BCUT2D eigenvalue weighted by molar-refractivity contribution is 6.19. The van der Waals surface area contributed by atoms with Crippen molar-refractivity contribution in [1.29, 1.82) is 0 Å². The zero-order chi connectivity index (χ0) is 13.6. The van der Waals surface area contributed by atoms with Gasteiger partial charge in [0, 0.05) is 5.92 Å². The zero-order valence-electron chi connectivity index (χ0n) is 11.4. The van der Waals surface area contributed by atoms with Crippen molar-refractivity contribution in [3.8, 4) is 0 Å². The Labute approximate surface area is 113 Å². The topological polar surface area (TPSA) is 35.5 Å². The Bertz CT molecular complexity index is 532. The number of rotatable bonds is 1. The van der Waals surface area contributed by atoms with Crippen molar-refractivity contribution >= 4 is 11.5 Å². The van der Waals surface area contributed by atoms with Gasteiger partial charge < -0.3 is 9.47 Å². The van der Waals surface area contributed by atoms with Crippen LogP contribution in [0.3, 0.4) is 0 Å². The van der Waals surface area contributed by atoms with Crippen LogP contribution in [0.25, 0.3) is 5.57 Å². The first kappa shape index (κ1) is 12.4. The molecule has 3 heteroatoms. The smallest absolute Gasteiger partial charge is 0.339 e. The first-order valence-corrected chi connectivity index (χ1v) is 6.75. The van der Waals surface area contributed by atoms with Crippen LogP contribution < -0.4 is 0 Å². The van der Waals surface area contributed by atoms with Gasteiger partial charge >= 0.3 is 5.97 Å². The monoisotopic (exact) mass is 258 g/mol. The van der Waals surface area contributed by atoms with Gasteiger partial charge in [-0.2, -0.15) is 0 Å². The van der Waals surface area contributed by atoms with Gasteiger partial charge in [-0.3, -0.25) is 0 Å². The first-order valence-electron chi connectivity index (χ1n) is 6.75. The molecule has 2 unspecified atom stereocenters. The predicted molar refractivity (Wildman–Crippen MR) is 72.4 cm³/mol. The molecule has 2 aliphatic heterocycles. The molecule has 1 saturated heterocycles. The fourth-order valence-corrected chi connectivity index (χ4v) is 3.00. The van der Waals surface area contributed by atoms with E-state index in [0.717, 1.165) is 16.7 Å². The van der Waals surface area contributed by atoms with Crippen LogP contribution in [-0.2, 0) is 14.3 Å². The maximum Gasteiger partial charge on any atom is 0.339 e. The van der Waals surface area contributed by atoms with E-state index in [4.69, 9.17) is 9.47 Å². The highest BCUT2D eigenvalue weighted by Crippen LogP contribution is 2.42. The number of carbonyl (C=O) groups excluding carboxylic acids is 1. The zero-order valence-corrected chi connectivity index (χ0v) is 11.4. The summed E-state index contributed by atoms with van der Waals surface area (Å²) in [6, 6.07) is 9.76. The third-order valence-electron chi connectivity index (χ3n) is 4.15. The van der Waals surface area contributed by atoms with Gasteiger partial charge in [0.15, 0.2) is 6.10 Å². The van der Waals surface area contributed by atoms with Gasteiger partial charge in [0.25, 0.3) is 0 Å². The number of hydrogen-bond acceptors (Lipinski definition) is 3. The van der Waals surface area contributed by atoms with E-state index in [2.05, 4.69) is 13.8 Å². The summed E-state index contributed by atoms with van der Waals surface area (Å²) in [5, 5.41) is 0. The summed E-state index contributed by atoms with van der Waals surface area (Å²) in [7, 11) is 0. The van der Waals surface area contributed by atoms with Crippen molar-refractivity contribution < 1.29 is 14.3 Å². The van der Waals surface area contributed by atoms with E-state index in [9.17, 15) is 4.79 Å². The molecule has 100 valence electrons. The molecule has 2 heterocycles. The molecule has 0 N–H and O–H groups in total. The van der Waals surface area contributed by atoms with E-state index in [-0.39, 0.29) is 30.2 Å². The molecule has 0 aliphatic carbocycles. The number of hydrogen-bond donors (Lipinski definition) is 0. The lowest BCUT2D eigenvalue weighted by molar-refractivity contribution is -0.151. The quantitative estimate of drug-likeness (QED) is 0.727. The molecule has 4 atom stereocenters. The predicted octanol–water partition coefficient (Wildman–Crippen LogP) is 2.81. The van der Waals surface area contributed by atoms with Crippen LogP contribution in [-0.4, -0.2) is 24.3 Å². The lowest BCUT2D eigenvalue weighted by Gasteiger charge is -2.36. The Morgan fingerprint density at radius 3 is 2.37 bits per heavy atom. The van der Waals surface area contributed by atoms with Crippen molar-refractivity contribution in [3.63, 3.8) is 0 Å². The van der Waals surface area contributed by atoms with E-state index in [1.165, 1.54) is 0 Å². The van der Waals surface area contributed by atoms with Gasteiger partial charge in [-0.05, 0) is 25.0 Å². The molecular weight excluding hydrogens is 240 g/mol. The Balaban J connectivity index is 2.14. The average Bonchev–Trinajstić information content (AvgIpc) is 2.75. The molecule has 3 rings (SSSR count). The number of benzene rings is 1. The third-order valence-corrected chi connectivity index (χ3v) is 4.15. The molecule has 0 bridgehead atoms. The van der Waals surface area contributed by atoms with E-state index >= 15 is 0 Å². The average molecular weight is 258 g/mol. The van der Waals surface area contributed by atoms with Crippen LogP contribution in [0.4, 0.5) is 0 Å². The highest BCUT2D eigenvalue weighted by atomic mass is 16.6. The molecule has 1 aromatic carbocycles. The number of esters is 1. The van der Waals surface area contributed by atoms with E-state index < -0.39 is 0 Å². The maximum absolute atomic E-state index is 12.2. The summed E-state index contributed by atoms with van der Waals surface area (Å²) in [6.45, 7) is 6.12. The second-order valence-corrected chi connectivity index (χ2v) is 5.36. The van der Waals surface area contributed by atoms with Crippen LogP contribution in [0.2, 0.25) is 0 Å². The molecule has 0 saturated carbocycles. The lowest BCUT2D eigenvalue weighted by atomic mass is 9.83. The Hall–Kier alpha value is -1.61.